The number of benzene rings is 1. The lowest BCUT2D eigenvalue weighted by atomic mass is 9.89. The minimum Gasteiger partial charge on any atom is -0.507 e. The molecule has 1 aliphatic heterocycles. The highest BCUT2D eigenvalue weighted by molar-refractivity contribution is 5.81. The minimum atomic E-state index is -0.533. The predicted molar refractivity (Wildman–Crippen MR) is 71.7 cm³/mol. The Kier molecular flexibility index (Phi) is 3.41. The first kappa shape index (κ1) is 13.7. The van der Waals surface area contributed by atoms with Gasteiger partial charge in [-0.05, 0) is 38.9 Å². The molecule has 0 aliphatic carbocycles. The standard InChI is InChI=1S/C14H20N2O3/c1-9(12-10(17)4-3-5-11(12)18)16-7-6-14(2,8-16)13(15)19/h3-5,9,17-18H,6-8H2,1-2H3,(H2,15,19). The Bertz CT molecular complexity index is 483. The zero-order valence-corrected chi connectivity index (χ0v) is 11.3. The molecule has 0 bridgehead atoms. The molecule has 4 N–H and O–H groups in total. The van der Waals surface area contributed by atoms with Crippen LogP contribution in [0.25, 0.3) is 0 Å². The Balaban J connectivity index is 2.23. The summed E-state index contributed by atoms with van der Waals surface area (Å²) >= 11 is 0. The largest absolute Gasteiger partial charge is 0.507 e. The lowest BCUT2D eigenvalue weighted by molar-refractivity contribution is -0.126. The second-order valence-corrected chi connectivity index (χ2v) is 5.53. The number of carbonyl (C=O) groups is 1. The number of hydrogen-bond donors (Lipinski definition) is 3. The molecule has 1 fully saturated rings. The quantitative estimate of drug-likeness (QED) is 0.769. The third kappa shape index (κ3) is 2.38. The summed E-state index contributed by atoms with van der Waals surface area (Å²) in [6, 6.07) is 4.53. The van der Waals surface area contributed by atoms with Crippen LogP contribution >= 0.6 is 0 Å². The molecule has 2 atom stereocenters. The van der Waals surface area contributed by atoms with Gasteiger partial charge in [-0.15, -0.1) is 0 Å². The lowest BCUT2D eigenvalue weighted by Gasteiger charge is -2.27. The van der Waals surface area contributed by atoms with Gasteiger partial charge >= 0.3 is 0 Å². The summed E-state index contributed by atoms with van der Waals surface area (Å²) in [6.45, 7) is 5.01. The monoisotopic (exact) mass is 264 g/mol. The van der Waals surface area contributed by atoms with Crippen LogP contribution in [0, 0.1) is 5.41 Å². The average molecular weight is 264 g/mol. The van der Waals surface area contributed by atoms with E-state index in [2.05, 4.69) is 4.90 Å². The molecular formula is C14H20N2O3. The predicted octanol–water partition coefficient (Wildman–Crippen LogP) is 1.36. The number of nitrogens with two attached hydrogens (primary N) is 1. The smallest absolute Gasteiger partial charge is 0.224 e. The van der Waals surface area contributed by atoms with E-state index in [0.29, 0.717) is 25.1 Å². The summed E-state index contributed by atoms with van der Waals surface area (Å²) in [6.07, 6.45) is 0.695. The van der Waals surface area contributed by atoms with Crippen LogP contribution < -0.4 is 5.73 Å². The van der Waals surface area contributed by atoms with E-state index < -0.39 is 5.41 Å². The van der Waals surface area contributed by atoms with Gasteiger partial charge in [0.05, 0.1) is 11.0 Å². The number of primary amides is 1. The number of likely N-dealkylation sites (tertiary alicyclic amines) is 1. The highest BCUT2D eigenvalue weighted by atomic mass is 16.3. The molecule has 1 amide bonds. The van der Waals surface area contributed by atoms with Gasteiger partial charge < -0.3 is 15.9 Å². The van der Waals surface area contributed by atoms with Crippen LogP contribution in [-0.4, -0.2) is 34.1 Å². The van der Waals surface area contributed by atoms with Crippen molar-refractivity contribution in [3.63, 3.8) is 0 Å². The van der Waals surface area contributed by atoms with Crippen LogP contribution in [-0.2, 0) is 4.79 Å². The number of amides is 1. The van der Waals surface area contributed by atoms with Gasteiger partial charge in [0.1, 0.15) is 11.5 Å². The molecule has 0 aromatic heterocycles. The molecule has 5 nitrogen and oxygen atoms in total. The molecule has 1 heterocycles. The fourth-order valence-corrected chi connectivity index (χ4v) is 2.68. The number of phenolic OH excluding ortho intramolecular Hbond substituents is 2. The summed E-state index contributed by atoms with van der Waals surface area (Å²) in [5.74, 6) is -0.163. The first-order valence-electron chi connectivity index (χ1n) is 6.40. The molecule has 2 unspecified atom stereocenters. The Morgan fingerprint density at radius 2 is 2.00 bits per heavy atom. The lowest BCUT2D eigenvalue weighted by Crippen LogP contribution is -2.37. The average Bonchev–Trinajstić information content (AvgIpc) is 2.73. The van der Waals surface area contributed by atoms with Crippen molar-refractivity contribution in [3.8, 4) is 11.5 Å². The summed E-state index contributed by atoms with van der Waals surface area (Å²) in [7, 11) is 0. The van der Waals surface area contributed by atoms with Gasteiger partial charge in [-0.25, -0.2) is 0 Å². The molecule has 104 valence electrons. The number of phenols is 2. The van der Waals surface area contributed by atoms with Crippen molar-refractivity contribution >= 4 is 5.91 Å². The number of carbonyl (C=O) groups excluding carboxylic acids is 1. The highest BCUT2D eigenvalue weighted by Crippen LogP contribution is 2.40. The fraction of sp³-hybridized carbons (Fsp3) is 0.500. The molecular weight excluding hydrogens is 244 g/mol. The van der Waals surface area contributed by atoms with Crippen LogP contribution in [0.2, 0.25) is 0 Å². The van der Waals surface area contributed by atoms with Crippen molar-refractivity contribution in [2.75, 3.05) is 13.1 Å². The summed E-state index contributed by atoms with van der Waals surface area (Å²) in [5.41, 5.74) is 5.39. The molecule has 1 aromatic carbocycles. The first-order chi connectivity index (χ1) is 8.85. The van der Waals surface area contributed by atoms with Crippen molar-refractivity contribution in [2.24, 2.45) is 11.1 Å². The maximum Gasteiger partial charge on any atom is 0.224 e. The van der Waals surface area contributed by atoms with Crippen molar-refractivity contribution < 1.29 is 15.0 Å². The zero-order chi connectivity index (χ0) is 14.2. The molecule has 1 aliphatic rings. The van der Waals surface area contributed by atoms with Gasteiger partial charge in [-0.2, -0.15) is 0 Å². The summed E-state index contributed by atoms with van der Waals surface area (Å²) in [4.78, 5) is 13.5. The van der Waals surface area contributed by atoms with Crippen molar-refractivity contribution in [1.82, 2.24) is 4.90 Å². The minimum absolute atomic E-state index is 0.0696. The summed E-state index contributed by atoms with van der Waals surface area (Å²) < 4.78 is 0. The van der Waals surface area contributed by atoms with Gasteiger partial charge in [0.25, 0.3) is 0 Å². The second kappa shape index (κ2) is 4.74. The number of aromatic hydroxyl groups is 2. The second-order valence-electron chi connectivity index (χ2n) is 5.53. The molecule has 1 saturated heterocycles. The first-order valence-corrected chi connectivity index (χ1v) is 6.40. The molecule has 1 aromatic rings. The van der Waals surface area contributed by atoms with Gasteiger partial charge in [-0.3, -0.25) is 9.69 Å². The molecule has 0 spiro atoms. The van der Waals surface area contributed by atoms with E-state index in [1.165, 1.54) is 0 Å². The van der Waals surface area contributed by atoms with E-state index in [-0.39, 0.29) is 23.4 Å². The summed E-state index contributed by atoms with van der Waals surface area (Å²) in [5, 5.41) is 19.8. The van der Waals surface area contributed by atoms with Crippen molar-refractivity contribution in [3.05, 3.63) is 23.8 Å². The highest BCUT2D eigenvalue weighted by Gasteiger charge is 2.41. The maximum absolute atomic E-state index is 11.5. The van der Waals surface area contributed by atoms with Crippen molar-refractivity contribution in [1.29, 1.82) is 0 Å². The van der Waals surface area contributed by atoms with Crippen LogP contribution in [0.3, 0.4) is 0 Å². The molecule has 0 saturated carbocycles. The van der Waals surface area contributed by atoms with Gasteiger partial charge in [0.2, 0.25) is 5.91 Å². The number of nitrogens with zero attached hydrogens (tertiary/aromatic N) is 1. The molecule has 5 heteroatoms. The van der Waals surface area contributed by atoms with Crippen LogP contribution in [0.15, 0.2) is 18.2 Å². The topological polar surface area (TPSA) is 86.8 Å². The van der Waals surface area contributed by atoms with Crippen molar-refractivity contribution in [2.45, 2.75) is 26.3 Å². The van der Waals surface area contributed by atoms with Gasteiger partial charge in [0, 0.05) is 12.6 Å². The van der Waals surface area contributed by atoms with E-state index in [9.17, 15) is 15.0 Å². The normalized spacial score (nSPS) is 25.4. The maximum atomic E-state index is 11.5. The zero-order valence-electron chi connectivity index (χ0n) is 11.3. The Morgan fingerprint density at radius 1 is 1.42 bits per heavy atom. The third-order valence-corrected chi connectivity index (χ3v) is 4.12. The molecule has 19 heavy (non-hydrogen) atoms. The van der Waals surface area contributed by atoms with Gasteiger partial charge in [0.15, 0.2) is 0 Å². The molecule has 0 radical (unpaired) electrons. The fourth-order valence-electron chi connectivity index (χ4n) is 2.68. The number of hydrogen-bond acceptors (Lipinski definition) is 4. The third-order valence-electron chi connectivity index (χ3n) is 4.12. The number of rotatable bonds is 3. The van der Waals surface area contributed by atoms with Crippen LogP contribution in [0.5, 0.6) is 11.5 Å². The van der Waals surface area contributed by atoms with E-state index in [1.54, 1.807) is 18.2 Å². The van der Waals surface area contributed by atoms with E-state index >= 15 is 0 Å². The van der Waals surface area contributed by atoms with Crippen LogP contribution in [0.4, 0.5) is 0 Å². The van der Waals surface area contributed by atoms with Crippen LogP contribution in [0.1, 0.15) is 31.9 Å². The molecule has 2 rings (SSSR count). The Labute approximate surface area is 112 Å². The Hall–Kier alpha value is -1.75. The van der Waals surface area contributed by atoms with Gasteiger partial charge in [-0.1, -0.05) is 6.07 Å². The van der Waals surface area contributed by atoms with E-state index in [4.69, 9.17) is 5.73 Å². The Morgan fingerprint density at radius 3 is 2.47 bits per heavy atom. The SMILES string of the molecule is CC(c1c(O)cccc1O)N1CCC(C)(C(N)=O)C1. The van der Waals surface area contributed by atoms with E-state index in [0.717, 1.165) is 0 Å². The van der Waals surface area contributed by atoms with E-state index in [1.807, 2.05) is 13.8 Å².